The van der Waals surface area contributed by atoms with Crippen molar-refractivity contribution >= 4 is 17.7 Å². The lowest BCUT2D eigenvalue weighted by Crippen LogP contribution is -2.60. The minimum atomic E-state index is -5.12. The maximum Gasteiger partial charge on any atom is 0.430 e. The lowest BCUT2D eigenvalue weighted by Gasteiger charge is -2.50. The fraction of sp³-hybridized carbons (Fsp3) is 0.483. The van der Waals surface area contributed by atoms with Crippen LogP contribution >= 0.6 is 0 Å². The van der Waals surface area contributed by atoms with Crippen LogP contribution in [0.15, 0.2) is 48.5 Å². The summed E-state index contributed by atoms with van der Waals surface area (Å²) in [5.41, 5.74) is -3.54. The van der Waals surface area contributed by atoms with Crippen LogP contribution in [0.3, 0.4) is 0 Å². The summed E-state index contributed by atoms with van der Waals surface area (Å²) in [6.07, 6.45) is -2.76. The third-order valence-corrected chi connectivity index (χ3v) is 8.52. The highest BCUT2D eigenvalue weighted by Crippen LogP contribution is 2.50. The second-order valence-electron chi connectivity index (χ2n) is 11.0. The first kappa shape index (κ1) is 28.1. The molecule has 3 amide bonds. The molecule has 5 rings (SSSR count). The molecule has 2 N–H and O–H groups in total. The van der Waals surface area contributed by atoms with Crippen molar-refractivity contribution in [2.24, 2.45) is 5.41 Å². The molecule has 2 aliphatic heterocycles. The first-order valence-corrected chi connectivity index (χ1v) is 13.3. The third kappa shape index (κ3) is 5.07. The van der Waals surface area contributed by atoms with Crippen LogP contribution in [-0.4, -0.2) is 61.6 Å². The molecular weight excluding hydrogens is 530 g/mol. The van der Waals surface area contributed by atoms with E-state index in [1.54, 1.807) is 12.1 Å². The Morgan fingerprint density at radius 2 is 1.75 bits per heavy atom. The van der Waals surface area contributed by atoms with E-state index in [4.69, 9.17) is 4.74 Å². The summed E-state index contributed by atoms with van der Waals surface area (Å²) < 4.78 is 62.9. The highest BCUT2D eigenvalue weighted by atomic mass is 19.4. The Labute approximate surface area is 229 Å². The molecule has 0 radical (unpaired) electrons. The van der Waals surface area contributed by atoms with Crippen molar-refractivity contribution in [2.45, 2.75) is 55.8 Å². The van der Waals surface area contributed by atoms with Gasteiger partial charge >= 0.3 is 6.18 Å². The Bertz CT molecular complexity index is 1290. The Kier molecular flexibility index (Phi) is 7.37. The molecule has 2 atom stereocenters. The van der Waals surface area contributed by atoms with Crippen molar-refractivity contribution in [3.8, 4) is 0 Å². The van der Waals surface area contributed by atoms with Crippen LogP contribution in [0.5, 0.6) is 0 Å². The van der Waals surface area contributed by atoms with Gasteiger partial charge in [0.25, 0.3) is 17.4 Å². The second kappa shape index (κ2) is 10.5. The molecule has 7 nitrogen and oxygen atoms in total. The van der Waals surface area contributed by atoms with E-state index in [2.05, 4.69) is 10.6 Å². The number of halogens is 4. The summed E-state index contributed by atoms with van der Waals surface area (Å²) in [7, 11) is 0.837. The van der Waals surface area contributed by atoms with Crippen LogP contribution in [0.2, 0.25) is 0 Å². The summed E-state index contributed by atoms with van der Waals surface area (Å²) in [4.78, 5) is 39.9. The SMILES string of the molecule is COC(C(=O)N1CCC2(CC1)CC(=O)NC[C@H]2c1ccc(F)cc1)(c1cccc(C(=O)NC2CC2)c1)C(F)(F)F. The number of rotatable bonds is 6. The van der Waals surface area contributed by atoms with Gasteiger partial charge in [-0.3, -0.25) is 14.4 Å². The van der Waals surface area contributed by atoms with Gasteiger partial charge in [-0.25, -0.2) is 4.39 Å². The van der Waals surface area contributed by atoms with Gasteiger partial charge in [0, 0.05) is 56.3 Å². The fourth-order valence-corrected chi connectivity index (χ4v) is 6.11. The number of alkyl halides is 3. The molecule has 1 aliphatic carbocycles. The average Bonchev–Trinajstić information content (AvgIpc) is 3.74. The van der Waals surface area contributed by atoms with Crippen molar-refractivity contribution in [1.82, 2.24) is 15.5 Å². The van der Waals surface area contributed by atoms with E-state index >= 15 is 0 Å². The third-order valence-electron chi connectivity index (χ3n) is 8.52. The van der Waals surface area contributed by atoms with Gasteiger partial charge in [0.2, 0.25) is 5.91 Å². The van der Waals surface area contributed by atoms with Crippen LogP contribution < -0.4 is 10.6 Å². The monoisotopic (exact) mass is 561 g/mol. The Balaban J connectivity index is 1.42. The highest BCUT2D eigenvalue weighted by molar-refractivity contribution is 5.95. The molecule has 2 aromatic carbocycles. The first-order chi connectivity index (χ1) is 19.0. The van der Waals surface area contributed by atoms with Crippen molar-refractivity contribution in [1.29, 1.82) is 0 Å². The second-order valence-corrected chi connectivity index (χ2v) is 11.0. The highest BCUT2D eigenvalue weighted by Gasteiger charge is 2.64. The molecule has 11 heteroatoms. The standard InChI is InChI=1S/C29H31F4N3O4/c1-40-28(29(31,32)33,20-4-2-3-19(15-20)25(38)35-22-9-10-22)26(39)36-13-11-27(12-14-36)16-24(37)34-17-23(27)18-5-7-21(30)8-6-18/h2-8,15,22-23H,9-14,16-17H2,1H3,(H,34,37)(H,35,38)/t23-,28?/m0/s1. The molecule has 2 saturated heterocycles. The number of hydrogen-bond acceptors (Lipinski definition) is 4. The average molecular weight is 562 g/mol. The van der Waals surface area contributed by atoms with E-state index in [1.165, 1.54) is 24.3 Å². The molecule has 2 heterocycles. The Morgan fingerprint density at radius 3 is 2.35 bits per heavy atom. The molecule has 3 fully saturated rings. The smallest absolute Gasteiger partial charge is 0.356 e. The summed E-state index contributed by atoms with van der Waals surface area (Å²) in [5, 5.41) is 5.59. The minimum absolute atomic E-state index is 0.00821. The summed E-state index contributed by atoms with van der Waals surface area (Å²) >= 11 is 0. The van der Waals surface area contributed by atoms with Gasteiger partial charge in [0.05, 0.1) is 0 Å². The zero-order valence-corrected chi connectivity index (χ0v) is 22.0. The van der Waals surface area contributed by atoms with Gasteiger partial charge in [0.15, 0.2) is 0 Å². The number of benzene rings is 2. The largest absolute Gasteiger partial charge is 0.430 e. The summed E-state index contributed by atoms with van der Waals surface area (Å²) in [5.74, 6) is -2.52. The van der Waals surface area contributed by atoms with Crippen molar-refractivity contribution in [3.63, 3.8) is 0 Å². The van der Waals surface area contributed by atoms with E-state index in [0.717, 1.165) is 42.5 Å². The molecule has 2 aromatic rings. The Hall–Kier alpha value is -3.47. The maximum atomic E-state index is 14.8. The number of ether oxygens (including phenoxy) is 1. The number of piperidine rings is 2. The number of methoxy groups -OCH3 is 1. The van der Waals surface area contributed by atoms with Crippen LogP contribution in [0.25, 0.3) is 0 Å². The maximum absolute atomic E-state index is 14.8. The normalized spacial score (nSPS) is 22.4. The van der Waals surface area contributed by atoms with Gasteiger partial charge in [-0.2, -0.15) is 13.2 Å². The molecule has 1 spiro atoms. The number of nitrogens with zero attached hydrogens (tertiary/aromatic N) is 1. The quantitative estimate of drug-likeness (QED) is 0.522. The number of hydrogen-bond donors (Lipinski definition) is 2. The number of carbonyl (C=O) groups excluding carboxylic acids is 3. The van der Waals surface area contributed by atoms with Crippen LogP contribution in [0.4, 0.5) is 17.6 Å². The van der Waals surface area contributed by atoms with Gasteiger partial charge in [0.1, 0.15) is 5.82 Å². The molecular formula is C29H31F4N3O4. The molecule has 0 bridgehead atoms. The van der Waals surface area contributed by atoms with Gasteiger partial charge < -0.3 is 20.3 Å². The summed E-state index contributed by atoms with van der Waals surface area (Å²) in [6.45, 7) is 0.276. The van der Waals surface area contributed by atoms with Crippen LogP contribution in [0.1, 0.15) is 59.5 Å². The predicted molar refractivity (Wildman–Crippen MR) is 137 cm³/mol. The first-order valence-electron chi connectivity index (χ1n) is 13.3. The molecule has 40 heavy (non-hydrogen) atoms. The molecule has 1 saturated carbocycles. The van der Waals surface area contributed by atoms with Gasteiger partial charge in [-0.05, 0) is 60.9 Å². The van der Waals surface area contributed by atoms with E-state index in [1.807, 2.05) is 0 Å². The van der Waals surface area contributed by atoms with E-state index in [0.29, 0.717) is 6.54 Å². The number of carbonyl (C=O) groups is 3. The van der Waals surface area contributed by atoms with Crippen molar-refractivity contribution in [2.75, 3.05) is 26.7 Å². The Morgan fingerprint density at radius 1 is 1.07 bits per heavy atom. The number of nitrogens with one attached hydrogen (secondary N) is 2. The molecule has 1 unspecified atom stereocenters. The fourth-order valence-electron chi connectivity index (χ4n) is 6.11. The van der Waals surface area contributed by atoms with E-state index in [9.17, 15) is 31.9 Å². The van der Waals surface area contributed by atoms with E-state index in [-0.39, 0.29) is 55.8 Å². The molecule has 3 aliphatic rings. The molecule has 0 aromatic heterocycles. The van der Waals surface area contributed by atoms with Gasteiger partial charge in [-0.15, -0.1) is 0 Å². The zero-order chi connectivity index (χ0) is 28.7. The predicted octanol–water partition coefficient (Wildman–Crippen LogP) is 4.03. The van der Waals surface area contributed by atoms with Crippen molar-refractivity contribution < 1.29 is 36.7 Å². The minimum Gasteiger partial charge on any atom is -0.356 e. The topological polar surface area (TPSA) is 87.7 Å². The van der Waals surface area contributed by atoms with Crippen LogP contribution in [0, 0.1) is 11.2 Å². The molecule has 214 valence electrons. The van der Waals surface area contributed by atoms with Crippen LogP contribution in [-0.2, 0) is 19.9 Å². The van der Waals surface area contributed by atoms with E-state index < -0.39 is 40.4 Å². The number of likely N-dealkylation sites (tertiary alicyclic amines) is 1. The lowest BCUT2D eigenvalue weighted by atomic mass is 9.62. The zero-order valence-electron chi connectivity index (χ0n) is 22.0. The lowest BCUT2D eigenvalue weighted by molar-refractivity contribution is -0.271. The summed E-state index contributed by atoms with van der Waals surface area (Å²) in [6, 6.07) is 10.9. The van der Waals surface area contributed by atoms with Crippen molar-refractivity contribution in [3.05, 3.63) is 71.0 Å². The van der Waals surface area contributed by atoms with Gasteiger partial charge in [-0.1, -0.05) is 24.3 Å². The number of amides is 3.